The van der Waals surface area contributed by atoms with Gasteiger partial charge in [0.1, 0.15) is 5.60 Å². The molecule has 1 heterocycles. The summed E-state index contributed by atoms with van der Waals surface area (Å²) in [5, 5.41) is 0. The van der Waals surface area contributed by atoms with Crippen molar-refractivity contribution >= 4 is 15.7 Å². The Morgan fingerprint density at radius 1 is 1.29 bits per heavy atom. The lowest BCUT2D eigenvalue weighted by Crippen LogP contribution is -2.48. The van der Waals surface area contributed by atoms with E-state index in [0.717, 1.165) is 19.3 Å². The Morgan fingerprint density at radius 3 is 2.58 bits per heavy atom. The lowest BCUT2D eigenvalue weighted by atomic mass is 9.73. The molecule has 3 rings (SSSR count). The topological polar surface area (TPSA) is 58.6 Å². The van der Waals surface area contributed by atoms with E-state index in [4.69, 9.17) is 4.74 Å². The van der Waals surface area contributed by atoms with E-state index in [1.165, 1.54) is 11.1 Å². The number of amides is 1. The molecule has 1 N–H and O–H groups in total. The molecular formula is C18H25N2O3Si. The summed E-state index contributed by atoms with van der Waals surface area (Å²) >= 11 is 0. The van der Waals surface area contributed by atoms with Gasteiger partial charge in [0.05, 0.1) is 6.04 Å². The van der Waals surface area contributed by atoms with E-state index in [1.807, 2.05) is 26.8 Å². The zero-order chi connectivity index (χ0) is 17.4. The fourth-order valence-corrected chi connectivity index (χ4v) is 4.58. The smallest absolute Gasteiger partial charge is 0.444 e. The number of likely N-dealkylation sites (tertiary alicyclic amines) is 1. The van der Waals surface area contributed by atoms with E-state index in [9.17, 15) is 9.26 Å². The highest BCUT2D eigenvalue weighted by Gasteiger charge is 2.48. The van der Waals surface area contributed by atoms with Crippen molar-refractivity contribution in [2.75, 3.05) is 13.1 Å². The average molecular weight is 345 g/mol. The van der Waals surface area contributed by atoms with Gasteiger partial charge in [-0.1, -0.05) is 24.3 Å². The van der Waals surface area contributed by atoms with Crippen molar-refractivity contribution in [1.82, 2.24) is 9.88 Å². The second-order valence-electron chi connectivity index (χ2n) is 7.88. The molecule has 1 amide bonds. The third-order valence-electron chi connectivity index (χ3n) is 5.14. The van der Waals surface area contributed by atoms with Crippen molar-refractivity contribution in [1.29, 1.82) is 0 Å². The van der Waals surface area contributed by atoms with E-state index in [2.05, 4.69) is 23.2 Å². The van der Waals surface area contributed by atoms with Crippen molar-refractivity contribution in [2.24, 2.45) is 5.41 Å². The van der Waals surface area contributed by atoms with Crippen molar-refractivity contribution < 1.29 is 14.0 Å². The second-order valence-corrected chi connectivity index (χ2v) is 8.38. The molecule has 0 unspecified atom stereocenters. The van der Waals surface area contributed by atoms with Crippen LogP contribution in [-0.2, 0) is 15.6 Å². The van der Waals surface area contributed by atoms with Gasteiger partial charge in [-0.2, -0.15) is 0 Å². The average Bonchev–Trinajstić information content (AvgIpc) is 2.80. The number of rotatable bonds is 2. The number of hydrogen-bond donors (Lipinski definition) is 1. The maximum absolute atomic E-state index is 12.3. The molecule has 1 fully saturated rings. The van der Waals surface area contributed by atoms with E-state index in [-0.39, 0.29) is 17.6 Å². The number of nitrogens with zero attached hydrogens (tertiary/aromatic N) is 1. The maximum atomic E-state index is 12.3. The Hall–Kier alpha value is -1.69. The van der Waals surface area contributed by atoms with Crippen LogP contribution < -0.4 is 4.98 Å². The highest BCUT2D eigenvalue weighted by molar-refractivity contribution is 6.13. The first-order valence-corrected chi connectivity index (χ1v) is 9.44. The molecule has 1 aromatic carbocycles. The molecular weight excluding hydrogens is 320 g/mol. The minimum Gasteiger partial charge on any atom is -0.444 e. The van der Waals surface area contributed by atoms with Crippen LogP contribution in [0.25, 0.3) is 0 Å². The number of piperidine rings is 1. The molecule has 1 atom stereocenters. The Balaban J connectivity index is 1.73. The number of hydrogen-bond acceptors (Lipinski definition) is 3. The van der Waals surface area contributed by atoms with Gasteiger partial charge >= 0.3 is 15.7 Å². The molecule has 0 aromatic heterocycles. The first kappa shape index (κ1) is 17.1. The van der Waals surface area contributed by atoms with E-state index in [1.54, 1.807) is 4.90 Å². The molecule has 24 heavy (non-hydrogen) atoms. The number of carbonyl (C=O) groups excluding carboxylic acids is 1. The van der Waals surface area contributed by atoms with Crippen LogP contribution in [0, 0.1) is 5.41 Å². The summed E-state index contributed by atoms with van der Waals surface area (Å²) < 4.78 is 16.8. The standard InChI is InChI=1S/C18H25N2O3Si/c1-17(2,3)23-16(21)20-10-8-18(9-11-20)12-13-6-4-5-7-14(13)15(18)19-24-22/h4-7,15,19H,8-12H2,1-3H3/t15-/m1/s1. The molecule has 1 aliphatic heterocycles. The Labute approximate surface area is 145 Å². The second kappa shape index (κ2) is 6.31. The zero-order valence-electron chi connectivity index (χ0n) is 14.6. The molecule has 129 valence electrons. The molecule has 2 aliphatic rings. The van der Waals surface area contributed by atoms with E-state index < -0.39 is 15.2 Å². The predicted molar refractivity (Wildman–Crippen MR) is 91.9 cm³/mol. The summed E-state index contributed by atoms with van der Waals surface area (Å²) in [4.78, 5) is 17.3. The summed E-state index contributed by atoms with van der Waals surface area (Å²) in [5.74, 6) is 0. The van der Waals surface area contributed by atoms with Gasteiger partial charge in [-0.25, -0.2) is 4.79 Å². The molecule has 1 aliphatic carbocycles. The lowest BCUT2D eigenvalue weighted by Gasteiger charge is -2.43. The monoisotopic (exact) mass is 345 g/mol. The maximum Gasteiger partial charge on any atom is 0.463 e. The first-order valence-electron chi connectivity index (χ1n) is 8.53. The minimum atomic E-state index is -0.522. The number of ether oxygens (including phenoxy) is 1. The summed E-state index contributed by atoms with van der Waals surface area (Å²) in [6.45, 7) is 7.03. The van der Waals surface area contributed by atoms with E-state index >= 15 is 0 Å². The molecule has 1 spiro atoms. The van der Waals surface area contributed by atoms with Gasteiger partial charge < -0.3 is 19.1 Å². The number of fused-ring (bicyclic) bond motifs is 1. The largest absolute Gasteiger partial charge is 0.463 e. The molecule has 0 saturated carbocycles. The fourth-order valence-electron chi connectivity index (χ4n) is 4.00. The van der Waals surface area contributed by atoms with Gasteiger partial charge in [-0.3, -0.25) is 0 Å². The Bertz CT molecular complexity index is 633. The third kappa shape index (κ3) is 3.24. The number of carbonyl (C=O) groups is 1. The summed E-state index contributed by atoms with van der Waals surface area (Å²) in [5.41, 5.74) is 2.16. The summed E-state index contributed by atoms with van der Waals surface area (Å²) in [6, 6.07) is 8.49. The molecule has 1 radical (unpaired) electrons. The van der Waals surface area contributed by atoms with Gasteiger partial charge in [0, 0.05) is 18.5 Å². The molecule has 1 aromatic rings. The van der Waals surface area contributed by atoms with Gasteiger partial charge in [-0.05, 0) is 51.2 Å². The summed E-state index contributed by atoms with van der Waals surface area (Å²) in [7, 11) is -0.522. The zero-order valence-corrected chi connectivity index (χ0v) is 15.6. The van der Waals surface area contributed by atoms with Crippen LogP contribution in [0.1, 0.15) is 50.8 Å². The predicted octanol–water partition coefficient (Wildman–Crippen LogP) is 2.86. The van der Waals surface area contributed by atoms with Crippen LogP contribution in [0.4, 0.5) is 4.79 Å². The normalized spacial score (nSPS) is 22.1. The molecule has 6 heteroatoms. The van der Waals surface area contributed by atoms with Crippen molar-refractivity contribution in [3.63, 3.8) is 0 Å². The van der Waals surface area contributed by atoms with Crippen LogP contribution in [0.3, 0.4) is 0 Å². The van der Waals surface area contributed by atoms with Crippen LogP contribution in [0.5, 0.6) is 0 Å². The van der Waals surface area contributed by atoms with E-state index in [0.29, 0.717) is 13.1 Å². The SMILES string of the molecule is CC(C)(C)OC(=O)N1CCC2(CC1)Cc1ccccc1[C@H]2N[Si]=O. The lowest BCUT2D eigenvalue weighted by molar-refractivity contribution is 0.00711. The van der Waals surface area contributed by atoms with Crippen LogP contribution >= 0.6 is 0 Å². The Morgan fingerprint density at radius 2 is 1.96 bits per heavy atom. The Kier molecular flexibility index (Phi) is 4.51. The molecule has 0 bridgehead atoms. The van der Waals surface area contributed by atoms with Gasteiger partial charge in [0.2, 0.25) is 0 Å². The van der Waals surface area contributed by atoms with Gasteiger partial charge in [0.25, 0.3) is 0 Å². The van der Waals surface area contributed by atoms with Crippen LogP contribution in [0.2, 0.25) is 0 Å². The highest BCUT2D eigenvalue weighted by atomic mass is 28.2. The first-order chi connectivity index (χ1) is 11.3. The van der Waals surface area contributed by atoms with Crippen molar-refractivity contribution in [3.8, 4) is 0 Å². The number of nitrogens with one attached hydrogen (secondary N) is 1. The van der Waals surface area contributed by atoms with Crippen LogP contribution in [0.15, 0.2) is 24.3 Å². The van der Waals surface area contributed by atoms with Gasteiger partial charge in [-0.15, -0.1) is 0 Å². The van der Waals surface area contributed by atoms with Crippen molar-refractivity contribution in [2.45, 2.75) is 51.7 Å². The third-order valence-corrected chi connectivity index (χ3v) is 5.54. The minimum absolute atomic E-state index is 0.0413. The summed E-state index contributed by atoms with van der Waals surface area (Å²) in [6.07, 6.45) is 2.53. The quantitative estimate of drug-likeness (QED) is 0.838. The number of benzene rings is 1. The highest BCUT2D eigenvalue weighted by Crippen LogP contribution is 2.51. The molecule has 5 nitrogen and oxygen atoms in total. The van der Waals surface area contributed by atoms with Crippen LogP contribution in [-0.4, -0.2) is 39.3 Å². The fraction of sp³-hybridized carbons (Fsp3) is 0.611. The molecule has 1 saturated heterocycles. The van der Waals surface area contributed by atoms with Gasteiger partial charge in [0.15, 0.2) is 0 Å². The van der Waals surface area contributed by atoms with Crippen molar-refractivity contribution in [3.05, 3.63) is 35.4 Å².